The fraction of sp³-hybridized carbons (Fsp3) is 0.294. The molecule has 3 aromatic rings. The number of thiophene rings is 1. The van der Waals surface area contributed by atoms with Crippen LogP contribution in [0.15, 0.2) is 35.4 Å². The quantitative estimate of drug-likeness (QED) is 0.524. The van der Waals surface area contributed by atoms with Crippen molar-refractivity contribution in [2.45, 2.75) is 26.5 Å². The van der Waals surface area contributed by atoms with Crippen molar-refractivity contribution in [3.05, 3.63) is 61.5 Å². The van der Waals surface area contributed by atoms with E-state index < -0.39 is 11.0 Å². The molecule has 1 N–H and O–H groups in total. The Balaban J connectivity index is 1.71. The molecule has 2 heterocycles. The zero-order valence-electron chi connectivity index (χ0n) is 14.2. The number of nitrogens with zero attached hydrogens (tertiary/aromatic N) is 3. The molecule has 0 aliphatic heterocycles. The van der Waals surface area contributed by atoms with Gasteiger partial charge in [-0.25, -0.2) is 4.98 Å². The second-order valence-electron chi connectivity index (χ2n) is 5.88. The number of hydrogen-bond acceptors (Lipinski definition) is 7. The van der Waals surface area contributed by atoms with Crippen LogP contribution < -0.4 is 10.3 Å². The fourth-order valence-electron chi connectivity index (χ4n) is 2.56. The summed E-state index contributed by atoms with van der Waals surface area (Å²) in [5, 5.41) is 21.5. The molecule has 8 nitrogen and oxygen atoms in total. The number of aliphatic hydroxyl groups is 1. The summed E-state index contributed by atoms with van der Waals surface area (Å²) in [6.45, 7) is 3.73. The van der Waals surface area contributed by atoms with E-state index in [0.717, 1.165) is 10.4 Å². The van der Waals surface area contributed by atoms with Crippen molar-refractivity contribution in [2.75, 3.05) is 6.61 Å². The van der Waals surface area contributed by atoms with Crippen LogP contribution in [0.3, 0.4) is 0 Å². The Morgan fingerprint density at radius 1 is 1.42 bits per heavy atom. The lowest BCUT2D eigenvalue weighted by Crippen LogP contribution is -2.30. The van der Waals surface area contributed by atoms with E-state index in [2.05, 4.69) is 4.98 Å². The Morgan fingerprint density at radius 2 is 2.19 bits per heavy atom. The first kappa shape index (κ1) is 18.0. The fourth-order valence-corrected chi connectivity index (χ4v) is 3.55. The van der Waals surface area contributed by atoms with Crippen molar-refractivity contribution >= 4 is 27.2 Å². The predicted molar refractivity (Wildman–Crippen MR) is 98.0 cm³/mol. The highest BCUT2D eigenvalue weighted by Crippen LogP contribution is 2.25. The molecule has 2 aromatic heterocycles. The molecule has 1 aromatic carbocycles. The second kappa shape index (κ2) is 7.22. The second-order valence-corrected chi connectivity index (χ2v) is 7.09. The average Bonchev–Trinajstić information content (AvgIpc) is 2.91. The SMILES string of the molecule is Cc1sc2ncn(CC(O)COc3cccc([N+](=O)[O-])c3)c(=O)c2c1C. The third-order valence-electron chi connectivity index (χ3n) is 4.03. The Hall–Kier alpha value is -2.78. The minimum absolute atomic E-state index is 0.0189. The van der Waals surface area contributed by atoms with Crippen LogP contribution in [0, 0.1) is 24.0 Å². The number of fused-ring (bicyclic) bond motifs is 1. The molecule has 0 aliphatic carbocycles. The van der Waals surface area contributed by atoms with Gasteiger partial charge in [0.2, 0.25) is 0 Å². The topological polar surface area (TPSA) is 107 Å². The largest absolute Gasteiger partial charge is 0.491 e. The van der Waals surface area contributed by atoms with Gasteiger partial charge in [-0.05, 0) is 25.5 Å². The van der Waals surface area contributed by atoms with Gasteiger partial charge in [0, 0.05) is 10.9 Å². The standard InChI is InChI=1S/C17H17N3O5S/c1-10-11(2)26-16-15(10)17(22)19(9-18-16)7-13(21)8-25-14-5-3-4-12(6-14)20(23)24/h3-6,9,13,21H,7-8H2,1-2H3. The maximum atomic E-state index is 12.6. The van der Waals surface area contributed by atoms with E-state index in [1.54, 1.807) is 6.07 Å². The van der Waals surface area contributed by atoms with Gasteiger partial charge < -0.3 is 9.84 Å². The number of aliphatic hydroxyl groups excluding tert-OH is 1. The molecule has 0 fully saturated rings. The van der Waals surface area contributed by atoms with Crippen LogP contribution in [0.4, 0.5) is 5.69 Å². The van der Waals surface area contributed by atoms with E-state index in [1.807, 2.05) is 13.8 Å². The first-order chi connectivity index (χ1) is 12.4. The molecule has 0 saturated carbocycles. The van der Waals surface area contributed by atoms with Crippen LogP contribution in [0.2, 0.25) is 0 Å². The lowest BCUT2D eigenvalue weighted by Gasteiger charge is -2.13. The van der Waals surface area contributed by atoms with E-state index in [0.29, 0.717) is 10.2 Å². The molecule has 136 valence electrons. The van der Waals surface area contributed by atoms with Crippen LogP contribution in [-0.2, 0) is 6.54 Å². The summed E-state index contributed by atoms with van der Waals surface area (Å²) in [5.41, 5.74) is 0.608. The third kappa shape index (κ3) is 3.58. The van der Waals surface area contributed by atoms with Crippen LogP contribution >= 0.6 is 11.3 Å². The van der Waals surface area contributed by atoms with Crippen LogP contribution in [-0.4, -0.2) is 32.3 Å². The molecule has 0 saturated heterocycles. The molecule has 0 aliphatic rings. The van der Waals surface area contributed by atoms with E-state index in [9.17, 15) is 20.0 Å². The van der Waals surface area contributed by atoms with Gasteiger partial charge in [-0.1, -0.05) is 6.07 Å². The summed E-state index contributed by atoms with van der Waals surface area (Å²) in [4.78, 5) is 28.8. The van der Waals surface area contributed by atoms with Gasteiger partial charge in [-0.15, -0.1) is 11.3 Å². The maximum Gasteiger partial charge on any atom is 0.273 e. The number of non-ortho nitro benzene ring substituents is 1. The number of aryl methyl sites for hydroxylation is 2. The van der Waals surface area contributed by atoms with E-state index in [4.69, 9.17) is 4.74 Å². The maximum absolute atomic E-state index is 12.6. The van der Waals surface area contributed by atoms with Crippen molar-refractivity contribution in [2.24, 2.45) is 0 Å². The summed E-state index contributed by atoms with van der Waals surface area (Å²) >= 11 is 1.47. The highest BCUT2D eigenvalue weighted by molar-refractivity contribution is 7.18. The van der Waals surface area contributed by atoms with Crippen LogP contribution in [0.5, 0.6) is 5.75 Å². The lowest BCUT2D eigenvalue weighted by atomic mass is 10.2. The van der Waals surface area contributed by atoms with Crippen molar-refractivity contribution in [1.82, 2.24) is 9.55 Å². The van der Waals surface area contributed by atoms with Gasteiger partial charge in [0.15, 0.2) is 0 Å². The lowest BCUT2D eigenvalue weighted by molar-refractivity contribution is -0.384. The highest BCUT2D eigenvalue weighted by atomic mass is 32.1. The Kier molecular flexibility index (Phi) is 5.01. The van der Waals surface area contributed by atoms with Crippen molar-refractivity contribution in [3.63, 3.8) is 0 Å². The Labute approximate surface area is 152 Å². The van der Waals surface area contributed by atoms with Crippen LogP contribution in [0.1, 0.15) is 10.4 Å². The molecule has 0 amide bonds. The number of ether oxygens (including phenoxy) is 1. The smallest absolute Gasteiger partial charge is 0.273 e. The molecule has 26 heavy (non-hydrogen) atoms. The minimum atomic E-state index is -0.966. The van der Waals surface area contributed by atoms with Crippen LogP contribution in [0.25, 0.3) is 10.2 Å². The van der Waals surface area contributed by atoms with Crippen molar-refractivity contribution in [3.8, 4) is 5.75 Å². The number of aromatic nitrogens is 2. The summed E-state index contributed by atoms with van der Waals surface area (Å²) in [6.07, 6.45) is 0.447. The van der Waals surface area contributed by atoms with Gasteiger partial charge in [-0.2, -0.15) is 0 Å². The first-order valence-electron chi connectivity index (χ1n) is 7.87. The molecule has 1 unspecified atom stereocenters. The van der Waals surface area contributed by atoms with Gasteiger partial charge in [-0.3, -0.25) is 19.5 Å². The number of hydrogen-bond donors (Lipinski definition) is 1. The summed E-state index contributed by atoms with van der Waals surface area (Å²) in [6, 6.07) is 5.71. The summed E-state index contributed by atoms with van der Waals surface area (Å²) < 4.78 is 6.75. The number of rotatable bonds is 6. The predicted octanol–water partition coefficient (Wildman–Crippen LogP) is 2.42. The van der Waals surface area contributed by atoms with E-state index in [-0.39, 0.29) is 30.1 Å². The zero-order valence-corrected chi connectivity index (χ0v) is 15.0. The molecule has 0 bridgehead atoms. The van der Waals surface area contributed by atoms with Crippen molar-refractivity contribution in [1.29, 1.82) is 0 Å². The molecular weight excluding hydrogens is 358 g/mol. The van der Waals surface area contributed by atoms with Crippen molar-refractivity contribution < 1.29 is 14.8 Å². The van der Waals surface area contributed by atoms with E-state index in [1.165, 1.54) is 40.4 Å². The monoisotopic (exact) mass is 375 g/mol. The number of nitro benzene ring substituents is 1. The van der Waals surface area contributed by atoms with E-state index >= 15 is 0 Å². The molecular formula is C17H17N3O5S. The van der Waals surface area contributed by atoms with Gasteiger partial charge in [0.25, 0.3) is 11.2 Å². The Bertz CT molecular complexity index is 1030. The average molecular weight is 375 g/mol. The first-order valence-corrected chi connectivity index (χ1v) is 8.69. The summed E-state index contributed by atoms with van der Waals surface area (Å²) in [5.74, 6) is 0.281. The number of benzene rings is 1. The normalized spacial score (nSPS) is 12.3. The molecule has 9 heteroatoms. The Morgan fingerprint density at radius 3 is 2.92 bits per heavy atom. The van der Waals surface area contributed by atoms with Gasteiger partial charge in [0.1, 0.15) is 23.3 Å². The number of nitro groups is 1. The highest BCUT2D eigenvalue weighted by Gasteiger charge is 2.15. The molecule has 3 rings (SSSR count). The molecule has 0 spiro atoms. The molecule has 0 radical (unpaired) electrons. The zero-order chi connectivity index (χ0) is 18.8. The molecule has 1 atom stereocenters. The van der Waals surface area contributed by atoms with Gasteiger partial charge >= 0.3 is 0 Å². The minimum Gasteiger partial charge on any atom is -0.491 e. The summed E-state index contributed by atoms with van der Waals surface area (Å²) in [7, 11) is 0. The van der Waals surface area contributed by atoms with Gasteiger partial charge in [0.05, 0.1) is 29.2 Å². The third-order valence-corrected chi connectivity index (χ3v) is 5.15.